The fourth-order valence-corrected chi connectivity index (χ4v) is 3.54. The lowest BCUT2D eigenvalue weighted by Gasteiger charge is -2.32. The maximum Gasteiger partial charge on any atom is 0.410 e. The predicted molar refractivity (Wildman–Crippen MR) is 108 cm³/mol. The second kappa shape index (κ2) is 8.94. The summed E-state index contributed by atoms with van der Waals surface area (Å²) in [6.45, 7) is 1.46. The Morgan fingerprint density at radius 2 is 1.75 bits per heavy atom. The van der Waals surface area contributed by atoms with Crippen molar-refractivity contribution in [2.75, 3.05) is 23.1 Å². The minimum atomic E-state index is -3.81. The number of anilines is 2. The minimum absolute atomic E-state index is 0.183. The van der Waals surface area contributed by atoms with Crippen LogP contribution in [0.4, 0.5) is 16.2 Å². The molecule has 0 atom stereocenters. The molecule has 1 saturated heterocycles. The largest absolute Gasteiger partial charge is 0.445 e. The summed E-state index contributed by atoms with van der Waals surface area (Å²) in [5.41, 5.74) is 2.15. The fraction of sp³-hybridized carbons (Fsp3) is 0.316. The molecule has 0 unspecified atom stereocenters. The molecule has 0 aliphatic carbocycles. The third-order valence-corrected chi connectivity index (χ3v) is 4.97. The van der Waals surface area contributed by atoms with Crippen molar-refractivity contribution in [1.82, 2.24) is 4.90 Å². The number of nitrogens with two attached hydrogens (primary N) is 1. The van der Waals surface area contributed by atoms with Gasteiger partial charge in [0, 0.05) is 24.8 Å². The Balaban J connectivity index is 1.46. The summed E-state index contributed by atoms with van der Waals surface area (Å²) in [4.78, 5) is 13.9. The molecule has 0 radical (unpaired) electrons. The van der Waals surface area contributed by atoms with Gasteiger partial charge < -0.3 is 15.0 Å². The minimum Gasteiger partial charge on any atom is -0.445 e. The number of amides is 1. The summed E-state index contributed by atoms with van der Waals surface area (Å²) in [5, 5.41) is 8.37. The van der Waals surface area contributed by atoms with Crippen LogP contribution >= 0.6 is 0 Å². The zero-order valence-electron chi connectivity index (χ0n) is 15.4. The first-order valence-corrected chi connectivity index (χ1v) is 10.6. The molecule has 3 rings (SSSR count). The van der Waals surface area contributed by atoms with E-state index in [0.717, 1.165) is 24.1 Å². The van der Waals surface area contributed by atoms with Gasteiger partial charge in [-0.1, -0.05) is 36.4 Å². The quantitative estimate of drug-likeness (QED) is 0.685. The Kier molecular flexibility index (Phi) is 6.37. The van der Waals surface area contributed by atoms with Crippen LogP contribution in [0.1, 0.15) is 18.4 Å². The molecule has 1 amide bonds. The topological polar surface area (TPSA) is 114 Å². The number of ether oxygens (including phenoxy) is 1. The average molecular weight is 404 g/mol. The van der Waals surface area contributed by atoms with Crippen molar-refractivity contribution in [2.24, 2.45) is 5.14 Å². The molecule has 28 heavy (non-hydrogen) atoms. The van der Waals surface area contributed by atoms with Crippen LogP contribution in [0.5, 0.6) is 0 Å². The van der Waals surface area contributed by atoms with Gasteiger partial charge in [0.05, 0.1) is 5.69 Å². The molecule has 9 heteroatoms. The molecule has 8 nitrogen and oxygen atoms in total. The van der Waals surface area contributed by atoms with Crippen molar-refractivity contribution in [3.63, 3.8) is 0 Å². The van der Waals surface area contributed by atoms with Crippen LogP contribution in [0, 0.1) is 0 Å². The Labute approximate surface area is 164 Å². The van der Waals surface area contributed by atoms with Crippen molar-refractivity contribution in [2.45, 2.75) is 25.5 Å². The number of rotatable bonds is 6. The monoisotopic (exact) mass is 404 g/mol. The van der Waals surface area contributed by atoms with E-state index < -0.39 is 10.2 Å². The number of likely N-dealkylation sites (tertiary alicyclic amines) is 1. The molecule has 4 N–H and O–H groups in total. The maximum atomic E-state index is 12.2. The lowest BCUT2D eigenvalue weighted by molar-refractivity contribution is 0.0882. The van der Waals surface area contributed by atoms with E-state index in [4.69, 9.17) is 9.88 Å². The van der Waals surface area contributed by atoms with Crippen molar-refractivity contribution >= 4 is 27.7 Å². The lowest BCUT2D eigenvalue weighted by Crippen LogP contribution is -2.42. The van der Waals surface area contributed by atoms with Gasteiger partial charge in [-0.05, 0) is 36.6 Å². The summed E-state index contributed by atoms with van der Waals surface area (Å²) >= 11 is 0. The van der Waals surface area contributed by atoms with Gasteiger partial charge in [-0.2, -0.15) is 8.42 Å². The van der Waals surface area contributed by atoms with Gasteiger partial charge >= 0.3 is 6.09 Å². The van der Waals surface area contributed by atoms with E-state index in [-0.39, 0.29) is 18.7 Å². The van der Waals surface area contributed by atoms with E-state index in [0.29, 0.717) is 18.8 Å². The van der Waals surface area contributed by atoms with E-state index in [2.05, 4.69) is 10.0 Å². The predicted octanol–water partition coefficient (Wildman–Crippen LogP) is 2.52. The van der Waals surface area contributed by atoms with Crippen LogP contribution in [-0.4, -0.2) is 38.5 Å². The SMILES string of the molecule is NS(=O)(=O)Nc1cccc(NC2CCN(C(=O)OCc3ccccc3)CC2)c1. The van der Waals surface area contributed by atoms with Gasteiger partial charge in [-0.3, -0.25) is 4.72 Å². The maximum absolute atomic E-state index is 12.2. The second-order valence-corrected chi connectivity index (χ2v) is 7.97. The molecule has 1 heterocycles. The number of benzene rings is 2. The highest BCUT2D eigenvalue weighted by Gasteiger charge is 2.23. The summed E-state index contributed by atoms with van der Waals surface area (Å²) < 4.78 is 29.9. The Morgan fingerprint density at radius 3 is 2.43 bits per heavy atom. The van der Waals surface area contributed by atoms with Crippen molar-refractivity contribution in [3.8, 4) is 0 Å². The summed E-state index contributed by atoms with van der Waals surface area (Å²) in [7, 11) is -3.81. The number of nitrogens with zero attached hydrogens (tertiary/aromatic N) is 1. The summed E-state index contributed by atoms with van der Waals surface area (Å²) in [6, 6.07) is 16.7. The Bertz CT molecular complexity index is 897. The molecule has 2 aromatic rings. The van der Waals surface area contributed by atoms with E-state index in [9.17, 15) is 13.2 Å². The molecular weight excluding hydrogens is 380 g/mol. The van der Waals surface area contributed by atoms with Gasteiger partial charge in [-0.25, -0.2) is 9.93 Å². The number of piperidine rings is 1. The smallest absolute Gasteiger partial charge is 0.410 e. The normalized spacial score (nSPS) is 15.1. The lowest BCUT2D eigenvalue weighted by atomic mass is 10.0. The number of nitrogens with one attached hydrogen (secondary N) is 2. The van der Waals surface area contributed by atoms with Crippen LogP contribution in [0.3, 0.4) is 0 Å². The molecule has 0 saturated carbocycles. The first-order valence-electron chi connectivity index (χ1n) is 9.02. The van der Waals surface area contributed by atoms with Crippen LogP contribution in [-0.2, 0) is 21.6 Å². The zero-order chi connectivity index (χ0) is 20.0. The molecule has 2 aromatic carbocycles. The molecule has 0 aromatic heterocycles. The van der Waals surface area contributed by atoms with E-state index >= 15 is 0 Å². The van der Waals surface area contributed by atoms with Gasteiger partial charge in [0.15, 0.2) is 0 Å². The highest BCUT2D eigenvalue weighted by atomic mass is 32.2. The van der Waals surface area contributed by atoms with Crippen LogP contribution in [0.25, 0.3) is 0 Å². The standard InChI is InChI=1S/C19H24N4O4S/c20-28(25,26)22-18-8-4-7-17(13-18)21-16-9-11-23(12-10-16)19(24)27-14-15-5-2-1-3-6-15/h1-8,13,16,21-22H,9-12,14H2,(H2,20,25,26). The first-order chi connectivity index (χ1) is 13.4. The zero-order valence-corrected chi connectivity index (χ0v) is 16.2. The third-order valence-electron chi connectivity index (χ3n) is 4.45. The average Bonchev–Trinajstić information content (AvgIpc) is 2.66. The van der Waals surface area contributed by atoms with Gasteiger partial charge in [0.2, 0.25) is 0 Å². The van der Waals surface area contributed by atoms with E-state index in [1.54, 1.807) is 23.1 Å². The Morgan fingerprint density at radius 1 is 1.07 bits per heavy atom. The molecule has 0 bridgehead atoms. The van der Waals surface area contributed by atoms with Crippen LogP contribution in [0.15, 0.2) is 54.6 Å². The molecule has 0 spiro atoms. The van der Waals surface area contributed by atoms with E-state index in [1.807, 2.05) is 36.4 Å². The first kappa shape index (κ1) is 20.0. The fourth-order valence-electron chi connectivity index (χ4n) is 3.09. The highest BCUT2D eigenvalue weighted by Crippen LogP contribution is 2.20. The number of hydrogen-bond donors (Lipinski definition) is 3. The summed E-state index contributed by atoms with van der Waals surface area (Å²) in [5.74, 6) is 0. The van der Waals surface area contributed by atoms with Crippen LogP contribution < -0.4 is 15.2 Å². The Hall–Kier alpha value is -2.78. The van der Waals surface area contributed by atoms with Crippen LogP contribution in [0.2, 0.25) is 0 Å². The number of carbonyl (C=O) groups is 1. The molecule has 1 fully saturated rings. The van der Waals surface area contributed by atoms with Gasteiger partial charge in [0.25, 0.3) is 10.2 Å². The van der Waals surface area contributed by atoms with Crippen molar-refractivity contribution in [1.29, 1.82) is 0 Å². The molecule has 1 aliphatic heterocycles. The highest BCUT2D eigenvalue weighted by molar-refractivity contribution is 7.90. The summed E-state index contributed by atoms with van der Waals surface area (Å²) in [6.07, 6.45) is 1.24. The second-order valence-electron chi connectivity index (χ2n) is 6.67. The third kappa shape index (κ3) is 6.14. The van der Waals surface area contributed by atoms with E-state index in [1.165, 1.54) is 0 Å². The number of hydrogen-bond acceptors (Lipinski definition) is 5. The van der Waals surface area contributed by atoms with Gasteiger partial charge in [-0.15, -0.1) is 0 Å². The van der Waals surface area contributed by atoms with Crippen molar-refractivity contribution < 1.29 is 17.9 Å². The van der Waals surface area contributed by atoms with Gasteiger partial charge in [0.1, 0.15) is 6.61 Å². The molecule has 150 valence electrons. The van der Waals surface area contributed by atoms with Crippen molar-refractivity contribution in [3.05, 3.63) is 60.2 Å². The molecule has 1 aliphatic rings. The number of carbonyl (C=O) groups excluding carboxylic acids is 1. The molecular formula is C19H24N4O4S.